The van der Waals surface area contributed by atoms with Crippen LogP contribution in [0.1, 0.15) is 26.3 Å². The second kappa shape index (κ2) is 7.38. The lowest BCUT2D eigenvalue weighted by atomic mass is 10.1. The SMILES string of the molecule is CC(C)C(C)NC(=O)CSCc1ccccc1. The average molecular weight is 251 g/mol. The van der Waals surface area contributed by atoms with E-state index in [0.717, 1.165) is 5.75 Å². The molecule has 2 nitrogen and oxygen atoms in total. The maximum atomic E-state index is 11.6. The van der Waals surface area contributed by atoms with E-state index in [1.165, 1.54) is 5.56 Å². The average Bonchev–Trinajstić information content (AvgIpc) is 2.30. The molecule has 1 N–H and O–H groups in total. The van der Waals surface area contributed by atoms with E-state index in [0.29, 0.717) is 11.7 Å². The molecule has 0 heterocycles. The first-order valence-electron chi connectivity index (χ1n) is 6.00. The summed E-state index contributed by atoms with van der Waals surface area (Å²) in [5.41, 5.74) is 1.27. The van der Waals surface area contributed by atoms with Crippen LogP contribution in [0.4, 0.5) is 0 Å². The highest BCUT2D eigenvalue weighted by molar-refractivity contribution is 7.99. The Morgan fingerprint density at radius 3 is 2.47 bits per heavy atom. The van der Waals surface area contributed by atoms with E-state index < -0.39 is 0 Å². The van der Waals surface area contributed by atoms with Gasteiger partial charge in [-0.2, -0.15) is 0 Å². The third-order valence-corrected chi connectivity index (χ3v) is 3.74. The fourth-order valence-corrected chi connectivity index (χ4v) is 2.10. The summed E-state index contributed by atoms with van der Waals surface area (Å²) < 4.78 is 0. The molecule has 1 aromatic carbocycles. The molecule has 0 saturated heterocycles. The number of nitrogens with one attached hydrogen (secondary N) is 1. The summed E-state index contributed by atoms with van der Waals surface area (Å²) >= 11 is 1.66. The summed E-state index contributed by atoms with van der Waals surface area (Å²) in [6.07, 6.45) is 0. The zero-order chi connectivity index (χ0) is 12.7. The van der Waals surface area contributed by atoms with E-state index in [1.807, 2.05) is 25.1 Å². The Morgan fingerprint density at radius 1 is 1.24 bits per heavy atom. The second-order valence-corrected chi connectivity index (χ2v) is 5.56. The molecular formula is C14H21NOS. The maximum Gasteiger partial charge on any atom is 0.230 e. The van der Waals surface area contributed by atoms with Gasteiger partial charge in [-0.15, -0.1) is 11.8 Å². The smallest absolute Gasteiger partial charge is 0.230 e. The number of benzene rings is 1. The molecule has 94 valence electrons. The van der Waals surface area contributed by atoms with E-state index in [9.17, 15) is 4.79 Å². The van der Waals surface area contributed by atoms with Crippen LogP contribution in [0.5, 0.6) is 0 Å². The molecular weight excluding hydrogens is 230 g/mol. The fourth-order valence-electron chi connectivity index (χ4n) is 1.30. The molecule has 3 heteroatoms. The Labute approximate surface area is 108 Å². The minimum Gasteiger partial charge on any atom is -0.353 e. The topological polar surface area (TPSA) is 29.1 Å². The summed E-state index contributed by atoms with van der Waals surface area (Å²) in [5.74, 6) is 2.04. The van der Waals surface area contributed by atoms with Gasteiger partial charge in [-0.1, -0.05) is 44.2 Å². The molecule has 0 aromatic heterocycles. The van der Waals surface area contributed by atoms with Crippen molar-refractivity contribution in [1.82, 2.24) is 5.32 Å². The van der Waals surface area contributed by atoms with E-state index in [4.69, 9.17) is 0 Å². The molecule has 0 aliphatic carbocycles. The molecule has 0 fully saturated rings. The highest BCUT2D eigenvalue weighted by atomic mass is 32.2. The summed E-state index contributed by atoms with van der Waals surface area (Å²) in [5, 5.41) is 3.01. The van der Waals surface area contributed by atoms with Crippen molar-refractivity contribution >= 4 is 17.7 Å². The third kappa shape index (κ3) is 5.78. The van der Waals surface area contributed by atoms with Crippen LogP contribution < -0.4 is 5.32 Å². The molecule has 0 aliphatic heterocycles. The molecule has 1 aromatic rings. The monoisotopic (exact) mass is 251 g/mol. The molecule has 0 saturated carbocycles. The standard InChI is InChI=1S/C14H21NOS/c1-11(2)12(3)15-14(16)10-17-9-13-7-5-4-6-8-13/h4-8,11-12H,9-10H2,1-3H3,(H,15,16). The van der Waals surface area contributed by atoms with Gasteiger partial charge in [-0.3, -0.25) is 4.79 Å². The van der Waals surface area contributed by atoms with E-state index in [1.54, 1.807) is 11.8 Å². The van der Waals surface area contributed by atoms with Crippen LogP contribution in [0.25, 0.3) is 0 Å². The Morgan fingerprint density at radius 2 is 1.88 bits per heavy atom. The normalized spacial score (nSPS) is 12.5. The number of thioether (sulfide) groups is 1. The zero-order valence-electron chi connectivity index (χ0n) is 10.8. The van der Waals surface area contributed by atoms with Gasteiger partial charge in [0.25, 0.3) is 0 Å². The van der Waals surface area contributed by atoms with Crippen molar-refractivity contribution in [3.63, 3.8) is 0 Å². The minimum atomic E-state index is 0.132. The van der Waals surface area contributed by atoms with Crippen LogP contribution in [0.15, 0.2) is 30.3 Å². The maximum absolute atomic E-state index is 11.6. The Balaban J connectivity index is 2.21. The van der Waals surface area contributed by atoms with Gasteiger partial charge in [0.05, 0.1) is 5.75 Å². The first-order valence-corrected chi connectivity index (χ1v) is 7.16. The Kier molecular flexibility index (Phi) is 6.12. The quantitative estimate of drug-likeness (QED) is 0.842. The van der Waals surface area contributed by atoms with Crippen LogP contribution in [0.2, 0.25) is 0 Å². The molecule has 1 atom stereocenters. The van der Waals surface area contributed by atoms with Crippen molar-refractivity contribution in [1.29, 1.82) is 0 Å². The van der Waals surface area contributed by atoms with Crippen molar-refractivity contribution < 1.29 is 4.79 Å². The largest absolute Gasteiger partial charge is 0.353 e. The lowest BCUT2D eigenvalue weighted by Gasteiger charge is -2.17. The zero-order valence-corrected chi connectivity index (χ0v) is 11.6. The second-order valence-electron chi connectivity index (χ2n) is 4.58. The van der Waals surface area contributed by atoms with Crippen LogP contribution in [-0.4, -0.2) is 17.7 Å². The van der Waals surface area contributed by atoms with Gasteiger partial charge in [0.15, 0.2) is 0 Å². The number of amides is 1. The summed E-state index contributed by atoms with van der Waals surface area (Å²) in [7, 11) is 0. The van der Waals surface area contributed by atoms with Crippen LogP contribution >= 0.6 is 11.8 Å². The van der Waals surface area contributed by atoms with Gasteiger partial charge in [-0.25, -0.2) is 0 Å². The van der Waals surface area contributed by atoms with Crippen molar-refractivity contribution in [2.24, 2.45) is 5.92 Å². The van der Waals surface area contributed by atoms with Gasteiger partial charge in [-0.05, 0) is 18.4 Å². The highest BCUT2D eigenvalue weighted by Gasteiger charge is 2.10. The molecule has 0 radical (unpaired) electrons. The number of rotatable bonds is 6. The summed E-state index contributed by atoms with van der Waals surface area (Å²) in [4.78, 5) is 11.6. The van der Waals surface area contributed by atoms with Gasteiger partial charge in [0, 0.05) is 11.8 Å². The predicted octanol–water partition coefficient (Wildman–Crippen LogP) is 3.08. The van der Waals surface area contributed by atoms with Gasteiger partial charge < -0.3 is 5.32 Å². The molecule has 0 bridgehead atoms. The van der Waals surface area contributed by atoms with Crippen molar-refractivity contribution in [2.45, 2.75) is 32.6 Å². The molecule has 0 aliphatic rings. The summed E-state index contributed by atoms with van der Waals surface area (Å²) in [6, 6.07) is 10.5. The number of carbonyl (C=O) groups is 1. The first kappa shape index (κ1) is 14.1. The molecule has 1 unspecified atom stereocenters. The van der Waals surface area contributed by atoms with Crippen molar-refractivity contribution in [3.05, 3.63) is 35.9 Å². The Hall–Kier alpha value is -0.960. The number of hydrogen-bond acceptors (Lipinski definition) is 2. The van der Waals surface area contributed by atoms with E-state index in [-0.39, 0.29) is 11.9 Å². The highest BCUT2D eigenvalue weighted by Crippen LogP contribution is 2.11. The van der Waals surface area contributed by atoms with Gasteiger partial charge >= 0.3 is 0 Å². The fraction of sp³-hybridized carbons (Fsp3) is 0.500. The molecule has 1 rings (SSSR count). The third-order valence-electron chi connectivity index (χ3n) is 2.73. The molecule has 0 spiro atoms. The predicted molar refractivity (Wildman–Crippen MR) is 75.0 cm³/mol. The van der Waals surface area contributed by atoms with Crippen LogP contribution in [-0.2, 0) is 10.5 Å². The molecule has 17 heavy (non-hydrogen) atoms. The minimum absolute atomic E-state index is 0.132. The van der Waals surface area contributed by atoms with Crippen LogP contribution in [0.3, 0.4) is 0 Å². The lowest BCUT2D eigenvalue weighted by molar-refractivity contribution is -0.119. The first-order chi connectivity index (χ1) is 8.09. The van der Waals surface area contributed by atoms with E-state index >= 15 is 0 Å². The number of hydrogen-bond donors (Lipinski definition) is 1. The summed E-state index contributed by atoms with van der Waals surface area (Å²) in [6.45, 7) is 6.27. The van der Waals surface area contributed by atoms with Crippen molar-refractivity contribution in [2.75, 3.05) is 5.75 Å². The van der Waals surface area contributed by atoms with Crippen LogP contribution in [0, 0.1) is 5.92 Å². The number of carbonyl (C=O) groups excluding carboxylic acids is 1. The van der Waals surface area contributed by atoms with E-state index in [2.05, 4.69) is 31.3 Å². The van der Waals surface area contributed by atoms with Crippen molar-refractivity contribution in [3.8, 4) is 0 Å². The lowest BCUT2D eigenvalue weighted by Crippen LogP contribution is -2.37. The van der Waals surface area contributed by atoms with Gasteiger partial charge in [0.2, 0.25) is 5.91 Å². The molecule has 1 amide bonds. The van der Waals surface area contributed by atoms with Gasteiger partial charge in [0.1, 0.15) is 0 Å². The Bertz CT molecular complexity index is 337.